The van der Waals surface area contributed by atoms with E-state index in [2.05, 4.69) is 35.2 Å². The average molecular weight is 501 g/mol. The molecule has 4 aromatic rings. The smallest absolute Gasteiger partial charge is 0.475 e. The van der Waals surface area contributed by atoms with E-state index in [1.807, 2.05) is 36.4 Å². The van der Waals surface area contributed by atoms with Gasteiger partial charge in [0.15, 0.2) is 0 Å². The predicted octanol–water partition coefficient (Wildman–Crippen LogP) is 5.75. The van der Waals surface area contributed by atoms with Gasteiger partial charge in [0.05, 0.1) is 11.0 Å². The second-order valence-corrected chi connectivity index (χ2v) is 9.11. The Hall–Kier alpha value is -3.82. The first kappa shape index (κ1) is 25.3. The largest absolute Gasteiger partial charge is 0.490 e. The Bertz CT molecular complexity index is 1370. The van der Waals surface area contributed by atoms with Gasteiger partial charge in [-0.2, -0.15) is 13.2 Å². The van der Waals surface area contributed by atoms with Crippen LogP contribution in [0.3, 0.4) is 0 Å². The molecule has 1 fully saturated rings. The molecule has 0 aliphatic heterocycles. The highest BCUT2D eigenvalue weighted by Crippen LogP contribution is 2.32. The van der Waals surface area contributed by atoms with E-state index >= 15 is 0 Å². The number of H-pyrrole nitrogens is 2. The summed E-state index contributed by atoms with van der Waals surface area (Å²) in [5.74, 6) is -1.34. The number of amides is 1. The number of aliphatic carboxylic acids is 1. The van der Waals surface area contributed by atoms with Crippen molar-refractivity contribution in [1.82, 2.24) is 20.3 Å². The highest BCUT2D eigenvalue weighted by atomic mass is 19.4. The maximum Gasteiger partial charge on any atom is 0.490 e. The number of rotatable bonds is 3. The van der Waals surface area contributed by atoms with Crippen molar-refractivity contribution in [1.29, 1.82) is 0 Å². The number of hydrogen-bond acceptors (Lipinski definition) is 3. The average Bonchev–Trinajstić information content (AvgIpc) is 3.39. The van der Waals surface area contributed by atoms with E-state index < -0.39 is 12.1 Å². The second-order valence-electron chi connectivity index (χ2n) is 9.11. The summed E-state index contributed by atoms with van der Waals surface area (Å²) in [5, 5.41) is 11.5. The van der Waals surface area contributed by atoms with Crippen molar-refractivity contribution in [3.63, 3.8) is 0 Å². The van der Waals surface area contributed by atoms with Gasteiger partial charge in [-0.3, -0.25) is 4.79 Å². The maximum absolute atomic E-state index is 12.9. The first-order valence-electron chi connectivity index (χ1n) is 11.7. The lowest BCUT2D eigenvalue weighted by Gasteiger charge is -2.28. The molecule has 0 radical (unpaired) electrons. The van der Waals surface area contributed by atoms with Crippen LogP contribution in [0.5, 0.6) is 0 Å². The summed E-state index contributed by atoms with van der Waals surface area (Å²) in [4.78, 5) is 33.4. The molecule has 2 heterocycles. The number of imidazole rings is 1. The number of benzene rings is 2. The number of carboxylic acid groups (broad SMARTS) is 1. The Morgan fingerprint density at radius 2 is 1.78 bits per heavy atom. The lowest BCUT2D eigenvalue weighted by Crippen LogP contribution is -2.38. The summed E-state index contributed by atoms with van der Waals surface area (Å²) in [6, 6.07) is 14.2. The molecule has 1 saturated carbocycles. The summed E-state index contributed by atoms with van der Waals surface area (Å²) < 4.78 is 31.7. The molecule has 36 heavy (non-hydrogen) atoms. The maximum atomic E-state index is 12.9. The van der Waals surface area contributed by atoms with Gasteiger partial charge >= 0.3 is 12.1 Å². The third-order valence-corrected chi connectivity index (χ3v) is 6.62. The van der Waals surface area contributed by atoms with Crippen LogP contribution in [0.4, 0.5) is 13.2 Å². The van der Waals surface area contributed by atoms with Crippen LogP contribution >= 0.6 is 0 Å². The molecule has 0 unspecified atom stereocenters. The van der Waals surface area contributed by atoms with Gasteiger partial charge < -0.3 is 20.4 Å². The van der Waals surface area contributed by atoms with Crippen LogP contribution in [-0.4, -0.2) is 44.2 Å². The molecule has 190 valence electrons. The van der Waals surface area contributed by atoms with Crippen LogP contribution in [0.25, 0.3) is 21.9 Å². The van der Waals surface area contributed by atoms with Crippen molar-refractivity contribution in [2.45, 2.75) is 57.7 Å². The Balaban J connectivity index is 0.000000384. The van der Waals surface area contributed by atoms with Gasteiger partial charge in [-0.1, -0.05) is 18.6 Å². The molecule has 0 saturated heterocycles. The molecular weight excluding hydrogens is 473 g/mol. The van der Waals surface area contributed by atoms with E-state index in [0.717, 1.165) is 64.7 Å². The molecule has 2 atom stereocenters. The minimum absolute atomic E-state index is 0.0143. The lowest BCUT2D eigenvalue weighted by atomic mass is 9.85. The van der Waals surface area contributed by atoms with Crippen LogP contribution in [0.1, 0.15) is 59.0 Å². The second kappa shape index (κ2) is 10.0. The predicted molar refractivity (Wildman–Crippen MR) is 130 cm³/mol. The van der Waals surface area contributed by atoms with E-state index in [9.17, 15) is 18.0 Å². The van der Waals surface area contributed by atoms with E-state index in [0.29, 0.717) is 5.92 Å². The number of aromatic amines is 2. The molecule has 1 amide bonds. The van der Waals surface area contributed by atoms with Gasteiger partial charge in [-0.25, -0.2) is 9.78 Å². The number of alkyl halides is 3. The van der Waals surface area contributed by atoms with Gasteiger partial charge in [-0.05, 0) is 69.0 Å². The van der Waals surface area contributed by atoms with E-state index in [4.69, 9.17) is 14.9 Å². The quantitative estimate of drug-likeness (QED) is 0.287. The van der Waals surface area contributed by atoms with Gasteiger partial charge in [-0.15, -0.1) is 0 Å². The van der Waals surface area contributed by atoms with Crippen molar-refractivity contribution in [2.24, 2.45) is 0 Å². The lowest BCUT2D eigenvalue weighted by molar-refractivity contribution is -0.192. The number of aromatic nitrogens is 3. The molecule has 4 N–H and O–H groups in total. The van der Waals surface area contributed by atoms with Crippen molar-refractivity contribution < 1.29 is 27.9 Å². The van der Waals surface area contributed by atoms with Gasteiger partial charge in [0.1, 0.15) is 5.82 Å². The highest BCUT2D eigenvalue weighted by molar-refractivity contribution is 5.99. The number of nitrogens with one attached hydrogen (secondary N) is 3. The zero-order valence-electron chi connectivity index (χ0n) is 19.9. The summed E-state index contributed by atoms with van der Waals surface area (Å²) in [5.41, 5.74) is 6.26. The fraction of sp³-hybridized carbons (Fsp3) is 0.346. The molecule has 7 nitrogen and oxygen atoms in total. The molecule has 10 heteroatoms. The molecular formula is C26H27F3N4O3. The number of carboxylic acids is 1. The number of carbonyl (C=O) groups excluding carboxylic acids is 1. The van der Waals surface area contributed by atoms with Gasteiger partial charge in [0, 0.05) is 34.1 Å². The van der Waals surface area contributed by atoms with Gasteiger partial charge in [0.2, 0.25) is 0 Å². The molecule has 5 rings (SSSR count). The third-order valence-electron chi connectivity index (χ3n) is 6.62. The zero-order valence-corrected chi connectivity index (χ0v) is 19.9. The van der Waals surface area contributed by atoms with Crippen LogP contribution in [0.2, 0.25) is 0 Å². The first-order chi connectivity index (χ1) is 17.0. The monoisotopic (exact) mass is 500 g/mol. The van der Waals surface area contributed by atoms with E-state index in [1.54, 1.807) is 0 Å². The Morgan fingerprint density at radius 3 is 2.47 bits per heavy atom. The van der Waals surface area contributed by atoms with Crippen molar-refractivity contribution in [2.75, 3.05) is 0 Å². The van der Waals surface area contributed by atoms with Gasteiger partial charge in [0.25, 0.3) is 5.91 Å². The first-order valence-corrected chi connectivity index (χ1v) is 11.7. The van der Waals surface area contributed by atoms with Crippen molar-refractivity contribution in [3.8, 4) is 0 Å². The number of fused-ring (bicyclic) bond motifs is 2. The fourth-order valence-corrected chi connectivity index (χ4v) is 4.61. The van der Waals surface area contributed by atoms with E-state index in [1.165, 1.54) is 5.56 Å². The number of nitrogens with zero attached hydrogens (tertiary/aromatic N) is 1. The molecule has 0 bridgehead atoms. The fourth-order valence-electron chi connectivity index (χ4n) is 4.61. The number of hydrogen-bond donors (Lipinski definition) is 4. The zero-order chi connectivity index (χ0) is 26.0. The molecule has 1 aliphatic rings. The number of carbonyl (C=O) groups is 2. The van der Waals surface area contributed by atoms with Crippen LogP contribution in [0, 0.1) is 13.8 Å². The molecule has 0 spiro atoms. The standard InChI is InChI=1S/C24H26N4O.C2HF3O2/c1-14-15(2)25-20-11-10-17(13-19(14)20)24(29)26-18-7-5-6-16(12-18)23-27-21-8-3-4-9-22(21)28-23;3-2(4,5)1(6)7/h3-4,8-11,13,16,18,25H,5-7,12H2,1-2H3,(H,26,29)(H,27,28);(H,6,7)/t16-,18+;/m0./s1. The summed E-state index contributed by atoms with van der Waals surface area (Å²) in [6.07, 6.45) is -0.926. The van der Waals surface area contributed by atoms with Crippen LogP contribution in [0.15, 0.2) is 42.5 Å². The third kappa shape index (κ3) is 5.53. The molecule has 2 aromatic heterocycles. The normalized spacial score (nSPS) is 18.0. The minimum atomic E-state index is -5.08. The minimum Gasteiger partial charge on any atom is -0.475 e. The summed E-state index contributed by atoms with van der Waals surface area (Å²) >= 11 is 0. The molecule has 2 aromatic carbocycles. The van der Waals surface area contributed by atoms with Crippen molar-refractivity contribution >= 4 is 33.8 Å². The SMILES string of the molecule is Cc1[nH]c2ccc(C(=O)N[C@@H]3CCC[C@H](c4nc5ccccc5[nH]4)C3)cc2c1C.O=C(O)C(F)(F)F. The Labute approximate surface area is 205 Å². The van der Waals surface area contributed by atoms with Crippen molar-refractivity contribution in [3.05, 3.63) is 65.1 Å². The number of halogens is 3. The Kier molecular flexibility index (Phi) is 7.05. The van der Waals surface area contributed by atoms with E-state index in [-0.39, 0.29) is 11.9 Å². The van der Waals surface area contributed by atoms with Crippen LogP contribution in [-0.2, 0) is 4.79 Å². The number of aryl methyl sites for hydroxylation is 2. The molecule has 1 aliphatic carbocycles. The summed E-state index contributed by atoms with van der Waals surface area (Å²) in [7, 11) is 0. The highest BCUT2D eigenvalue weighted by Gasteiger charge is 2.38. The number of para-hydroxylation sites is 2. The topological polar surface area (TPSA) is 111 Å². The Morgan fingerprint density at radius 1 is 1.06 bits per heavy atom. The van der Waals surface area contributed by atoms with Crippen LogP contribution < -0.4 is 5.32 Å². The summed E-state index contributed by atoms with van der Waals surface area (Å²) in [6.45, 7) is 4.16.